The van der Waals surface area contributed by atoms with E-state index in [1.54, 1.807) is 13.8 Å². The Morgan fingerprint density at radius 3 is 2.65 bits per heavy atom. The summed E-state index contributed by atoms with van der Waals surface area (Å²) in [5.41, 5.74) is -0.427. The molecule has 0 aromatic carbocycles. The first-order valence-electron chi connectivity index (χ1n) is 4.94. The number of rotatable bonds is 2. The molecule has 1 aromatic rings. The molecule has 6 nitrogen and oxygen atoms in total. The van der Waals surface area contributed by atoms with Crippen LogP contribution in [0.2, 0.25) is 5.02 Å². The molecule has 8 heteroatoms. The van der Waals surface area contributed by atoms with Crippen LogP contribution in [0.4, 0.5) is 0 Å². The highest BCUT2D eigenvalue weighted by atomic mass is 35.5. The predicted molar refractivity (Wildman–Crippen MR) is 61.2 cm³/mol. The van der Waals surface area contributed by atoms with Crippen molar-refractivity contribution in [1.82, 2.24) is 14.5 Å². The Labute approximate surface area is 104 Å². The maximum Gasteiger partial charge on any atom is 0.264 e. The average Bonchev–Trinajstić information content (AvgIpc) is 2.18. The van der Waals surface area contributed by atoms with Crippen LogP contribution in [0.5, 0.6) is 0 Å². The van der Waals surface area contributed by atoms with Gasteiger partial charge in [-0.3, -0.25) is 0 Å². The van der Waals surface area contributed by atoms with Crippen molar-refractivity contribution >= 4 is 21.6 Å². The Morgan fingerprint density at radius 1 is 1.53 bits per heavy atom. The molecule has 1 N–H and O–H groups in total. The summed E-state index contributed by atoms with van der Waals surface area (Å²) in [6, 6.07) is 0. The maximum absolute atomic E-state index is 12.1. The molecule has 1 aromatic heterocycles. The van der Waals surface area contributed by atoms with E-state index in [0.29, 0.717) is 5.56 Å². The Balaban J connectivity index is 2.37. The van der Waals surface area contributed by atoms with E-state index in [9.17, 15) is 13.5 Å². The van der Waals surface area contributed by atoms with Crippen LogP contribution in [-0.2, 0) is 10.0 Å². The Bertz CT molecular complexity index is 551. The van der Waals surface area contributed by atoms with Gasteiger partial charge in [-0.05, 0) is 19.4 Å². The van der Waals surface area contributed by atoms with Crippen LogP contribution in [-0.4, -0.2) is 46.7 Å². The van der Waals surface area contributed by atoms with Gasteiger partial charge in [0.1, 0.15) is 0 Å². The summed E-state index contributed by atoms with van der Waals surface area (Å²) in [6.07, 6.45) is 1.40. The molecule has 1 saturated heterocycles. The summed E-state index contributed by atoms with van der Waals surface area (Å²) in [4.78, 5) is 0. The minimum atomic E-state index is -3.76. The van der Waals surface area contributed by atoms with Crippen molar-refractivity contribution in [3.8, 4) is 0 Å². The smallest absolute Gasteiger partial charge is 0.264 e. The molecular weight excluding hydrogens is 266 g/mol. The van der Waals surface area contributed by atoms with Gasteiger partial charge in [-0.25, -0.2) is 8.42 Å². The number of nitrogens with zero attached hydrogens (tertiary/aromatic N) is 3. The van der Waals surface area contributed by atoms with Gasteiger partial charge in [-0.15, -0.1) is 5.10 Å². The maximum atomic E-state index is 12.1. The minimum Gasteiger partial charge on any atom is -0.387 e. The fourth-order valence-electron chi connectivity index (χ4n) is 1.61. The van der Waals surface area contributed by atoms with Crippen molar-refractivity contribution < 1.29 is 13.5 Å². The van der Waals surface area contributed by atoms with Gasteiger partial charge in [0, 0.05) is 13.1 Å². The van der Waals surface area contributed by atoms with E-state index in [4.69, 9.17) is 11.6 Å². The quantitative estimate of drug-likeness (QED) is 0.834. The molecule has 0 bridgehead atoms. The Kier molecular flexibility index (Phi) is 2.89. The molecule has 0 aliphatic carbocycles. The number of aliphatic hydroxyl groups is 1. The van der Waals surface area contributed by atoms with E-state index in [1.807, 2.05) is 0 Å². The van der Waals surface area contributed by atoms with Crippen LogP contribution < -0.4 is 0 Å². The molecule has 1 aliphatic rings. The van der Waals surface area contributed by atoms with E-state index in [-0.39, 0.29) is 23.1 Å². The van der Waals surface area contributed by atoms with Crippen molar-refractivity contribution in [3.05, 3.63) is 16.8 Å². The molecule has 1 aliphatic heterocycles. The summed E-state index contributed by atoms with van der Waals surface area (Å²) >= 11 is 5.90. The normalized spacial score (nSPS) is 20.0. The minimum absolute atomic E-state index is 0.0429. The van der Waals surface area contributed by atoms with Crippen molar-refractivity contribution in [2.45, 2.75) is 24.5 Å². The molecule has 94 valence electrons. The van der Waals surface area contributed by atoms with Crippen LogP contribution in [0.15, 0.2) is 11.2 Å². The SMILES string of the molecule is Cc1cnnc(S(=O)(=O)N2CC(C)(O)C2)c1Cl. The first-order chi connectivity index (χ1) is 7.74. The Hall–Kier alpha value is -0.760. The van der Waals surface area contributed by atoms with Crippen LogP contribution >= 0.6 is 11.6 Å². The largest absolute Gasteiger partial charge is 0.387 e. The van der Waals surface area contributed by atoms with Gasteiger partial charge in [0.25, 0.3) is 10.0 Å². The van der Waals surface area contributed by atoms with E-state index >= 15 is 0 Å². The lowest BCUT2D eigenvalue weighted by Gasteiger charge is -2.42. The summed E-state index contributed by atoms with van der Waals surface area (Å²) in [7, 11) is -3.76. The molecule has 1 fully saturated rings. The molecule has 0 atom stereocenters. The van der Waals surface area contributed by atoms with E-state index in [0.717, 1.165) is 4.31 Å². The molecule has 2 heterocycles. The molecule has 0 radical (unpaired) electrons. The van der Waals surface area contributed by atoms with Crippen LogP contribution in [0, 0.1) is 6.92 Å². The zero-order valence-electron chi connectivity index (χ0n) is 9.38. The van der Waals surface area contributed by atoms with Gasteiger partial charge >= 0.3 is 0 Å². The standard InChI is InChI=1S/C9H12ClN3O3S/c1-6-3-11-12-8(7(6)10)17(15,16)13-4-9(2,14)5-13/h3,14H,4-5H2,1-2H3. The predicted octanol–water partition coefficient (Wildman–Crippen LogP) is 0.194. The highest BCUT2D eigenvalue weighted by Crippen LogP contribution is 2.30. The fraction of sp³-hybridized carbons (Fsp3) is 0.556. The third-order valence-electron chi connectivity index (χ3n) is 2.55. The Morgan fingerprint density at radius 2 is 2.12 bits per heavy atom. The van der Waals surface area contributed by atoms with Crippen LogP contribution in [0.25, 0.3) is 0 Å². The van der Waals surface area contributed by atoms with Crippen molar-refractivity contribution in [3.63, 3.8) is 0 Å². The van der Waals surface area contributed by atoms with Crippen molar-refractivity contribution in [2.24, 2.45) is 0 Å². The molecule has 2 rings (SSSR count). The van der Waals surface area contributed by atoms with Gasteiger partial charge < -0.3 is 5.11 Å². The first-order valence-corrected chi connectivity index (χ1v) is 6.76. The topological polar surface area (TPSA) is 83.4 Å². The van der Waals surface area contributed by atoms with Crippen molar-refractivity contribution in [2.75, 3.05) is 13.1 Å². The zero-order chi connectivity index (χ0) is 12.8. The number of halogens is 1. The van der Waals surface area contributed by atoms with E-state index < -0.39 is 15.6 Å². The van der Waals surface area contributed by atoms with Gasteiger partial charge in [0.2, 0.25) is 5.03 Å². The molecule has 0 spiro atoms. The van der Waals surface area contributed by atoms with E-state index in [1.165, 1.54) is 6.20 Å². The second kappa shape index (κ2) is 3.88. The van der Waals surface area contributed by atoms with Crippen molar-refractivity contribution in [1.29, 1.82) is 0 Å². The number of β-amino-alcohol motifs (C(OH)–C–C–N with tert-alkyl or cyclic N) is 1. The third kappa shape index (κ3) is 2.15. The van der Waals surface area contributed by atoms with Gasteiger partial charge in [-0.2, -0.15) is 9.40 Å². The summed E-state index contributed by atoms with van der Waals surface area (Å²) in [6.45, 7) is 3.31. The molecule has 0 amide bonds. The second-order valence-corrected chi connectivity index (χ2v) is 6.65. The monoisotopic (exact) mass is 277 g/mol. The highest BCUT2D eigenvalue weighted by molar-refractivity contribution is 7.89. The number of sulfonamides is 1. The summed E-state index contributed by atoms with van der Waals surface area (Å²) in [5, 5.41) is 16.5. The first kappa shape index (κ1) is 12.7. The van der Waals surface area contributed by atoms with Gasteiger partial charge in [-0.1, -0.05) is 11.6 Å². The lowest BCUT2D eigenvalue weighted by Crippen LogP contribution is -2.61. The zero-order valence-corrected chi connectivity index (χ0v) is 11.0. The van der Waals surface area contributed by atoms with E-state index in [2.05, 4.69) is 10.2 Å². The highest BCUT2D eigenvalue weighted by Gasteiger charge is 2.45. The average molecular weight is 278 g/mol. The molecular formula is C9H12ClN3O3S. The van der Waals surface area contributed by atoms with Gasteiger partial charge in [0.05, 0.1) is 16.8 Å². The molecule has 0 saturated carbocycles. The fourth-order valence-corrected chi connectivity index (χ4v) is 3.67. The lowest BCUT2D eigenvalue weighted by molar-refractivity contribution is -0.0427. The number of aromatic nitrogens is 2. The molecule has 17 heavy (non-hydrogen) atoms. The summed E-state index contributed by atoms with van der Waals surface area (Å²) in [5.74, 6) is 0. The second-order valence-electron chi connectivity index (χ2n) is 4.42. The molecule has 0 unspecified atom stereocenters. The lowest BCUT2D eigenvalue weighted by atomic mass is 10.0. The summed E-state index contributed by atoms with van der Waals surface area (Å²) < 4.78 is 25.3. The van der Waals surface area contributed by atoms with Crippen LogP contribution in [0.3, 0.4) is 0 Å². The number of aryl methyl sites for hydroxylation is 1. The third-order valence-corrected chi connectivity index (χ3v) is 4.85. The van der Waals surface area contributed by atoms with Gasteiger partial charge in [0.15, 0.2) is 0 Å². The number of hydrogen-bond donors (Lipinski definition) is 1. The number of hydrogen-bond acceptors (Lipinski definition) is 5. The van der Waals surface area contributed by atoms with Crippen LogP contribution in [0.1, 0.15) is 12.5 Å².